The van der Waals surface area contributed by atoms with E-state index in [0.29, 0.717) is 35.5 Å². The molecule has 0 fully saturated rings. The van der Waals surface area contributed by atoms with E-state index in [1.54, 1.807) is 22.3 Å². The molecule has 0 aliphatic heterocycles. The first-order chi connectivity index (χ1) is 23.4. The second kappa shape index (κ2) is 18.2. The van der Waals surface area contributed by atoms with Gasteiger partial charge < -0.3 is 11.5 Å². The van der Waals surface area contributed by atoms with Gasteiger partial charge in [-0.25, -0.2) is 0 Å². The monoisotopic (exact) mass is 647 g/mol. The van der Waals surface area contributed by atoms with Crippen molar-refractivity contribution in [2.24, 2.45) is 47.0 Å². The molecule has 5 aliphatic rings. The molecule has 7 atom stereocenters. The first kappa shape index (κ1) is 36.4. The summed E-state index contributed by atoms with van der Waals surface area (Å²) in [6.07, 6.45) is 50.3. The van der Waals surface area contributed by atoms with Crippen molar-refractivity contribution in [3.63, 3.8) is 0 Å². The summed E-state index contributed by atoms with van der Waals surface area (Å²) in [7, 11) is 0. The summed E-state index contributed by atoms with van der Waals surface area (Å²) in [6, 6.07) is 0.167. The van der Waals surface area contributed by atoms with E-state index in [1.807, 2.05) is 0 Å². The highest BCUT2D eigenvalue weighted by atomic mass is 14.6. The third kappa shape index (κ3) is 9.23. The predicted octanol–water partition coefficient (Wildman–Crippen LogP) is 12.1. The molecule has 0 aromatic heterocycles. The molecule has 2 heteroatoms. The van der Waals surface area contributed by atoms with Crippen molar-refractivity contribution in [1.82, 2.24) is 0 Å². The zero-order chi connectivity index (χ0) is 33.9. The Morgan fingerprint density at radius 2 is 1.44 bits per heavy atom. The van der Waals surface area contributed by atoms with Gasteiger partial charge in [-0.3, -0.25) is 0 Å². The predicted molar refractivity (Wildman–Crippen MR) is 209 cm³/mol. The Bertz CT molecular complexity index is 1400. The SMILES string of the molecule is CCCCCCC1=CC(C2=CC(CC)[C@H](C3=CC[C@H](N)C=C3)C=C2)[C@@H](CCCCCC)C=C1C1C=CC(C2C=CC(N)=CC2)=C(CC)C1. The van der Waals surface area contributed by atoms with Crippen LogP contribution in [0, 0.1) is 35.5 Å². The van der Waals surface area contributed by atoms with Crippen molar-refractivity contribution in [1.29, 1.82) is 0 Å². The van der Waals surface area contributed by atoms with Crippen LogP contribution < -0.4 is 11.5 Å². The molecular formula is C46H66N2. The van der Waals surface area contributed by atoms with Gasteiger partial charge in [0.1, 0.15) is 0 Å². The third-order valence-corrected chi connectivity index (χ3v) is 11.8. The fourth-order valence-electron chi connectivity index (χ4n) is 8.84. The van der Waals surface area contributed by atoms with Crippen LogP contribution in [0.5, 0.6) is 0 Å². The number of rotatable bonds is 16. The molecule has 0 aromatic rings. The lowest BCUT2D eigenvalue weighted by molar-refractivity contribution is 0.439. The highest BCUT2D eigenvalue weighted by molar-refractivity contribution is 5.49. The average Bonchev–Trinajstić information content (AvgIpc) is 3.12. The topological polar surface area (TPSA) is 52.0 Å². The minimum absolute atomic E-state index is 0.167. The Morgan fingerprint density at radius 3 is 2.12 bits per heavy atom. The van der Waals surface area contributed by atoms with Crippen LogP contribution in [0.15, 0.2) is 118 Å². The molecule has 0 amide bonds. The third-order valence-electron chi connectivity index (χ3n) is 11.8. The van der Waals surface area contributed by atoms with E-state index in [1.165, 1.54) is 75.4 Å². The molecule has 2 nitrogen and oxygen atoms in total. The number of unbranched alkanes of at least 4 members (excludes halogenated alkanes) is 6. The Morgan fingerprint density at radius 1 is 0.667 bits per heavy atom. The Kier molecular flexibility index (Phi) is 13.8. The molecule has 0 radical (unpaired) electrons. The molecule has 0 aromatic carbocycles. The van der Waals surface area contributed by atoms with E-state index in [2.05, 4.69) is 107 Å². The second-order valence-corrected chi connectivity index (χ2v) is 15.2. The van der Waals surface area contributed by atoms with Crippen molar-refractivity contribution in [2.75, 3.05) is 0 Å². The lowest BCUT2D eigenvalue weighted by Crippen LogP contribution is -2.25. The molecule has 5 rings (SSSR count). The van der Waals surface area contributed by atoms with Crippen molar-refractivity contribution >= 4 is 0 Å². The minimum atomic E-state index is 0.167. The largest absolute Gasteiger partial charge is 0.399 e. The molecule has 48 heavy (non-hydrogen) atoms. The van der Waals surface area contributed by atoms with Gasteiger partial charge in [-0.2, -0.15) is 0 Å². The van der Waals surface area contributed by atoms with E-state index >= 15 is 0 Å². The maximum absolute atomic E-state index is 6.19. The van der Waals surface area contributed by atoms with Gasteiger partial charge in [0, 0.05) is 35.4 Å². The van der Waals surface area contributed by atoms with E-state index in [4.69, 9.17) is 11.5 Å². The molecule has 4 unspecified atom stereocenters. The van der Waals surface area contributed by atoms with Gasteiger partial charge >= 0.3 is 0 Å². The van der Waals surface area contributed by atoms with Gasteiger partial charge in [0.25, 0.3) is 0 Å². The molecule has 4 N–H and O–H groups in total. The van der Waals surface area contributed by atoms with Gasteiger partial charge in [0.15, 0.2) is 0 Å². The minimum Gasteiger partial charge on any atom is -0.399 e. The average molecular weight is 647 g/mol. The maximum Gasteiger partial charge on any atom is 0.0270 e. The first-order valence-corrected chi connectivity index (χ1v) is 20.0. The van der Waals surface area contributed by atoms with Gasteiger partial charge in [-0.1, -0.05) is 151 Å². The number of hydrogen-bond donors (Lipinski definition) is 2. The van der Waals surface area contributed by atoms with Crippen molar-refractivity contribution in [2.45, 2.75) is 130 Å². The molecule has 0 spiro atoms. The molecule has 0 saturated carbocycles. The van der Waals surface area contributed by atoms with Crippen molar-refractivity contribution in [3.05, 3.63) is 118 Å². The Labute approximate surface area is 294 Å². The number of nitrogens with two attached hydrogens (primary N) is 2. The van der Waals surface area contributed by atoms with Crippen LogP contribution in [0.3, 0.4) is 0 Å². The molecule has 0 saturated heterocycles. The van der Waals surface area contributed by atoms with E-state index in [9.17, 15) is 0 Å². The standard InChI is InChI=1S/C46H66N2/c1-5-9-11-13-15-37-31-46(40-22-28-44(34(8-4)30-40)36-19-25-42(48)26-20-36)38(16-14-12-10-6-2)32-45(37)39-21-27-43(33(7-3)29-39)35-17-23-41(47)24-18-35/h17-19,21-23,25-29,31-33,36-37,40-41,43,45H,5-16,20,24,30,47-48H2,1-4H3/t33?,36?,37-,40?,41+,43+,45?/m0/s1. The van der Waals surface area contributed by atoms with Crippen LogP contribution in [0.2, 0.25) is 0 Å². The molecular weight excluding hydrogens is 581 g/mol. The zero-order valence-electron chi connectivity index (χ0n) is 30.8. The summed E-state index contributed by atoms with van der Waals surface area (Å²) < 4.78 is 0. The lowest BCUT2D eigenvalue weighted by Gasteiger charge is -2.37. The van der Waals surface area contributed by atoms with Crippen LogP contribution in [-0.4, -0.2) is 6.04 Å². The number of hydrogen-bond acceptors (Lipinski definition) is 2. The fraction of sp³-hybridized carbons (Fsp3) is 0.565. The summed E-state index contributed by atoms with van der Waals surface area (Å²) in [5, 5.41) is 0. The maximum atomic E-state index is 6.19. The van der Waals surface area contributed by atoms with Crippen LogP contribution in [0.4, 0.5) is 0 Å². The first-order valence-electron chi connectivity index (χ1n) is 20.0. The quantitative estimate of drug-likeness (QED) is 0.164. The van der Waals surface area contributed by atoms with Crippen LogP contribution in [-0.2, 0) is 0 Å². The van der Waals surface area contributed by atoms with Crippen molar-refractivity contribution < 1.29 is 0 Å². The lowest BCUT2D eigenvalue weighted by atomic mass is 9.68. The van der Waals surface area contributed by atoms with Gasteiger partial charge in [0.05, 0.1) is 0 Å². The Hall–Kier alpha value is -2.84. The summed E-state index contributed by atoms with van der Waals surface area (Å²) >= 11 is 0. The van der Waals surface area contributed by atoms with E-state index in [0.717, 1.165) is 37.8 Å². The van der Waals surface area contributed by atoms with Gasteiger partial charge in [-0.05, 0) is 97.1 Å². The molecule has 0 bridgehead atoms. The van der Waals surface area contributed by atoms with Crippen LogP contribution in [0.1, 0.15) is 124 Å². The highest BCUT2D eigenvalue weighted by Gasteiger charge is 2.33. The molecule has 0 heterocycles. The summed E-state index contributed by atoms with van der Waals surface area (Å²) in [5.41, 5.74) is 22.7. The van der Waals surface area contributed by atoms with Crippen LogP contribution >= 0.6 is 0 Å². The summed E-state index contributed by atoms with van der Waals surface area (Å²) in [5.74, 6) is 2.98. The van der Waals surface area contributed by atoms with E-state index in [-0.39, 0.29) is 6.04 Å². The molecule has 5 aliphatic carbocycles. The van der Waals surface area contributed by atoms with Crippen molar-refractivity contribution in [3.8, 4) is 0 Å². The van der Waals surface area contributed by atoms with Gasteiger partial charge in [-0.15, -0.1) is 0 Å². The summed E-state index contributed by atoms with van der Waals surface area (Å²) in [4.78, 5) is 0. The number of allylic oxidation sites excluding steroid dienone is 17. The smallest absolute Gasteiger partial charge is 0.0270 e. The van der Waals surface area contributed by atoms with Gasteiger partial charge in [0.2, 0.25) is 0 Å². The summed E-state index contributed by atoms with van der Waals surface area (Å²) in [6.45, 7) is 9.39. The fourth-order valence-corrected chi connectivity index (χ4v) is 8.84. The second-order valence-electron chi connectivity index (χ2n) is 15.2. The van der Waals surface area contributed by atoms with Crippen LogP contribution in [0.25, 0.3) is 0 Å². The van der Waals surface area contributed by atoms with E-state index < -0.39 is 0 Å². The molecule has 260 valence electrons. The zero-order valence-corrected chi connectivity index (χ0v) is 30.8. The Balaban J connectivity index is 1.44. The normalized spacial score (nSPS) is 30.2. The highest BCUT2D eigenvalue weighted by Crippen LogP contribution is 2.46.